The highest BCUT2D eigenvalue weighted by molar-refractivity contribution is 5.97. The van der Waals surface area contributed by atoms with Gasteiger partial charge in [0.1, 0.15) is 0 Å². The molecular formula is C15H20O3. The van der Waals surface area contributed by atoms with E-state index in [1.807, 2.05) is 6.92 Å². The Bertz CT molecular complexity index is 480. The number of carbonyl (C=O) groups excluding carboxylic acids is 2. The fourth-order valence-corrected chi connectivity index (χ4v) is 6.08. The maximum atomic E-state index is 12.4. The monoisotopic (exact) mass is 248 g/mol. The van der Waals surface area contributed by atoms with Gasteiger partial charge in [-0.15, -0.1) is 0 Å². The van der Waals surface area contributed by atoms with E-state index in [1.165, 1.54) is 0 Å². The number of rotatable bonds is 0. The molecule has 18 heavy (non-hydrogen) atoms. The van der Waals surface area contributed by atoms with Crippen molar-refractivity contribution in [1.82, 2.24) is 0 Å². The fourth-order valence-electron chi connectivity index (χ4n) is 6.08. The molecule has 1 heterocycles. The highest BCUT2D eigenvalue weighted by atomic mass is 16.6. The summed E-state index contributed by atoms with van der Waals surface area (Å²) >= 11 is 0. The number of esters is 1. The number of Topliss-reactive ketones (excluding diaryl/α,β-unsaturated/α-hetero) is 1. The first-order valence-corrected chi connectivity index (χ1v) is 7.09. The highest BCUT2D eigenvalue weighted by Gasteiger charge is 2.80. The van der Waals surface area contributed by atoms with Gasteiger partial charge in [-0.3, -0.25) is 9.59 Å². The van der Waals surface area contributed by atoms with Crippen molar-refractivity contribution in [3.05, 3.63) is 0 Å². The first-order valence-electron chi connectivity index (χ1n) is 7.09. The lowest BCUT2D eigenvalue weighted by Crippen LogP contribution is -2.47. The molecule has 0 radical (unpaired) electrons. The van der Waals surface area contributed by atoms with Crippen molar-refractivity contribution < 1.29 is 14.3 Å². The molecule has 3 saturated carbocycles. The summed E-state index contributed by atoms with van der Waals surface area (Å²) in [4.78, 5) is 24.6. The zero-order valence-corrected chi connectivity index (χ0v) is 11.3. The van der Waals surface area contributed by atoms with Crippen molar-refractivity contribution in [3.63, 3.8) is 0 Å². The van der Waals surface area contributed by atoms with Gasteiger partial charge in [-0.1, -0.05) is 13.8 Å². The Labute approximate surface area is 107 Å². The Morgan fingerprint density at radius 1 is 1.11 bits per heavy atom. The molecule has 0 aromatic carbocycles. The van der Waals surface area contributed by atoms with Crippen LogP contribution in [-0.4, -0.2) is 17.4 Å². The third-order valence-corrected chi connectivity index (χ3v) is 6.70. The Morgan fingerprint density at radius 3 is 2.56 bits per heavy atom. The maximum Gasteiger partial charge on any atom is 0.310 e. The normalized spacial score (nSPS) is 55.6. The molecule has 98 valence electrons. The molecule has 1 aliphatic heterocycles. The summed E-state index contributed by atoms with van der Waals surface area (Å²) in [6.07, 6.45) is 3.62. The fraction of sp³-hybridized carbons (Fsp3) is 0.867. The zero-order chi connectivity index (χ0) is 12.9. The molecule has 0 unspecified atom stereocenters. The molecule has 1 saturated heterocycles. The minimum atomic E-state index is -0.814. The smallest absolute Gasteiger partial charge is 0.310 e. The van der Waals surface area contributed by atoms with E-state index in [4.69, 9.17) is 4.74 Å². The Hall–Kier alpha value is -0.860. The Balaban J connectivity index is 1.97. The average molecular weight is 248 g/mol. The van der Waals surface area contributed by atoms with E-state index in [0.29, 0.717) is 18.3 Å². The summed E-state index contributed by atoms with van der Waals surface area (Å²) in [6, 6.07) is 0. The average Bonchev–Trinajstić information content (AvgIpc) is 2.66. The van der Waals surface area contributed by atoms with Crippen molar-refractivity contribution in [2.24, 2.45) is 28.6 Å². The number of ketones is 1. The van der Waals surface area contributed by atoms with Crippen LogP contribution >= 0.6 is 0 Å². The van der Waals surface area contributed by atoms with E-state index in [1.54, 1.807) is 0 Å². The lowest BCUT2D eigenvalue weighted by atomic mass is 9.59. The van der Waals surface area contributed by atoms with Gasteiger partial charge in [0.25, 0.3) is 0 Å². The number of hydrogen-bond acceptors (Lipinski definition) is 3. The van der Waals surface area contributed by atoms with Gasteiger partial charge in [-0.05, 0) is 43.4 Å². The van der Waals surface area contributed by atoms with E-state index in [-0.39, 0.29) is 28.5 Å². The van der Waals surface area contributed by atoms with Gasteiger partial charge in [0, 0.05) is 11.8 Å². The van der Waals surface area contributed by atoms with E-state index in [2.05, 4.69) is 13.8 Å². The van der Waals surface area contributed by atoms with Crippen LogP contribution in [0.4, 0.5) is 0 Å². The van der Waals surface area contributed by atoms with Crippen molar-refractivity contribution in [2.45, 2.75) is 52.1 Å². The number of carbonyl (C=O) groups is 2. The largest absolute Gasteiger partial charge is 0.450 e. The predicted octanol–water partition coefficient (Wildman–Crippen LogP) is 2.33. The molecule has 0 N–H and O–H groups in total. The number of hydrogen-bond donors (Lipinski definition) is 0. The van der Waals surface area contributed by atoms with Crippen LogP contribution in [-0.2, 0) is 14.3 Å². The lowest BCUT2D eigenvalue weighted by Gasteiger charge is -2.40. The first-order chi connectivity index (χ1) is 8.33. The molecule has 4 fully saturated rings. The minimum Gasteiger partial charge on any atom is -0.450 e. The van der Waals surface area contributed by atoms with Crippen molar-refractivity contribution >= 4 is 11.8 Å². The van der Waals surface area contributed by atoms with Crippen LogP contribution in [0.1, 0.15) is 46.5 Å². The summed E-state index contributed by atoms with van der Waals surface area (Å²) in [5.74, 6) is 1.03. The summed E-state index contributed by atoms with van der Waals surface area (Å²) in [6.45, 7) is 6.50. The van der Waals surface area contributed by atoms with Gasteiger partial charge in [-0.2, -0.15) is 0 Å². The second-order valence-electron chi connectivity index (χ2n) is 7.63. The molecule has 0 aromatic rings. The van der Waals surface area contributed by atoms with Gasteiger partial charge < -0.3 is 4.74 Å². The molecular weight excluding hydrogens is 228 g/mol. The molecule has 4 rings (SSSR count). The van der Waals surface area contributed by atoms with Gasteiger partial charge in [0.15, 0.2) is 11.4 Å². The van der Waals surface area contributed by atoms with Crippen LogP contribution in [0.15, 0.2) is 0 Å². The second kappa shape index (κ2) is 2.68. The van der Waals surface area contributed by atoms with Crippen molar-refractivity contribution in [2.75, 3.05) is 0 Å². The van der Waals surface area contributed by atoms with E-state index < -0.39 is 5.60 Å². The molecule has 3 nitrogen and oxygen atoms in total. The third-order valence-electron chi connectivity index (χ3n) is 6.70. The molecule has 1 spiro atoms. The molecule has 0 amide bonds. The first kappa shape index (κ1) is 11.0. The van der Waals surface area contributed by atoms with Crippen LogP contribution in [0.25, 0.3) is 0 Å². The predicted molar refractivity (Wildman–Crippen MR) is 64.7 cm³/mol. The summed E-state index contributed by atoms with van der Waals surface area (Å²) in [5, 5.41) is 0. The van der Waals surface area contributed by atoms with Crippen molar-refractivity contribution in [3.8, 4) is 0 Å². The number of ether oxygens (including phenoxy) is 1. The second-order valence-corrected chi connectivity index (χ2v) is 7.63. The Kier molecular flexibility index (Phi) is 1.64. The molecule has 5 atom stereocenters. The molecule has 3 heteroatoms. The molecule has 3 aliphatic carbocycles. The van der Waals surface area contributed by atoms with Crippen molar-refractivity contribution in [1.29, 1.82) is 0 Å². The third kappa shape index (κ3) is 0.837. The topological polar surface area (TPSA) is 43.4 Å². The maximum absolute atomic E-state index is 12.4. The zero-order valence-electron chi connectivity index (χ0n) is 11.3. The van der Waals surface area contributed by atoms with E-state index >= 15 is 0 Å². The standard InChI is InChI=1S/C15H20O3/c1-13(2)7-15-9-5-4-8(13)10(15)6-11(16)14(15,3)18-12(9)17/h8-10H,4-7H2,1-3H3/t8-,9+,10-,14+,15-/m1/s1. The summed E-state index contributed by atoms with van der Waals surface area (Å²) in [5.41, 5.74) is -0.741. The minimum absolute atomic E-state index is 0.0167. The van der Waals surface area contributed by atoms with Gasteiger partial charge in [0.05, 0.1) is 5.92 Å². The van der Waals surface area contributed by atoms with Crippen LogP contribution in [0.3, 0.4) is 0 Å². The molecule has 4 aliphatic rings. The Morgan fingerprint density at radius 2 is 1.83 bits per heavy atom. The molecule has 2 bridgehead atoms. The van der Waals surface area contributed by atoms with E-state index in [0.717, 1.165) is 19.3 Å². The van der Waals surface area contributed by atoms with Crippen LogP contribution < -0.4 is 0 Å². The quantitative estimate of drug-likeness (QED) is 0.618. The summed E-state index contributed by atoms with van der Waals surface area (Å²) in [7, 11) is 0. The van der Waals surface area contributed by atoms with Gasteiger partial charge in [0.2, 0.25) is 0 Å². The van der Waals surface area contributed by atoms with Gasteiger partial charge >= 0.3 is 5.97 Å². The van der Waals surface area contributed by atoms with Crippen LogP contribution in [0, 0.1) is 28.6 Å². The van der Waals surface area contributed by atoms with Gasteiger partial charge in [-0.25, -0.2) is 0 Å². The lowest BCUT2D eigenvalue weighted by molar-refractivity contribution is -0.158. The highest BCUT2D eigenvalue weighted by Crippen LogP contribution is 2.76. The van der Waals surface area contributed by atoms with Crippen LogP contribution in [0.5, 0.6) is 0 Å². The van der Waals surface area contributed by atoms with Crippen LogP contribution in [0.2, 0.25) is 0 Å². The molecule has 0 aromatic heterocycles. The summed E-state index contributed by atoms with van der Waals surface area (Å²) < 4.78 is 5.62. The van der Waals surface area contributed by atoms with E-state index in [9.17, 15) is 9.59 Å². The SMILES string of the molecule is CC1(C)C[C@@]23[C@@H]4CC(=O)[C@]2(C)OC(=O)[C@@H]3CC[C@H]41.